The summed E-state index contributed by atoms with van der Waals surface area (Å²) in [4.78, 5) is 0. The molecule has 4 aliphatic carbocycles. The van der Waals surface area contributed by atoms with E-state index < -0.39 is 0 Å². The molecule has 0 aromatic rings. The summed E-state index contributed by atoms with van der Waals surface area (Å²) in [5.74, 6) is 3.29. The third-order valence-corrected chi connectivity index (χ3v) is 5.20. The second-order valence-corrected chi connectivity index (χ2v) is 6.05. The van der Waals surface area contributed by atoms with Crippen molar-refractivity contribution in [2.45, 2.75) is 57.5 Å². The average molecular weight is 218 g/mol. The first-order valence-corrected chi connectivity index (χ1v) is 6.44. The van der Waals surface area contributed by atoms with E-state index in [0.717, 1.165) is 24.7 Å². The Morgan fingerprint density at radius 1 is 1.00 bits per heavy atom. The molecule has 4 bridgehead atoms. The van der Waals surface area contributed by atoms with Crippen molar-refractivity contribution in [3.8, 4) is 0 Å². The molecule has 0 aliphatic heterocycles. The molecule has 0 aromatic carbocycles. The van der Waals surface area contributed by atoms with E-state index in [1.807, 2.05) is 0 Å². The molecule has 0 unspecified atom stereocenters. The third kappa shape index (κ3) is 1.84. The zero-order chi connectivity index (χ0) is 9.76. The van der Waals surface area contributed by atoms with Crippen LogP contribution in [0.25, 0.3) is 0 Å². The molecule has 0 spiro atoms. The van der Waals surface area contributed by atoms with Crippen molar-refractivity contribution in [1.29, 1.82) is 0 Å². The van der Waals surface area contributed by atoms with E-state index in [2.05, 4.69) is 6.92 Å². The van der Waals surface area contributed by atoms with Crippen molar-refractivity contribution in [2.75, 3.05) is 0 Å². The van der Waals surface area contributed by atoms with E-state index in [1.54, 1.807) is 0 Å². The Bertz CT molecular complexity index is 211. The monoisotopic (exact) mass is 218 g/mol. The van der Waals surface area contributed by atoms with Crippen LogP contribution in [-0.4, -0.2) is 40.3 Å². The Balaban J connectivity index is 0.000000853. The zero-order valence-electron chi connectivity index (χ0n) is 9.21. The van der Waals surface area contributed by atoms with Crippen LogP contribution in [0.2, 0.25) is 0 Å². The Hall–Kier alpha value is 0.960. The van der Waals surface area contributed by atoms with Gasteiger partial charge in [0.05, 0.1) is 5.60 Å². The number of hydrogen-bond donors (Lipinski definition) is 1. The summed E-state index contributed by atoms with van der Waals surface area (Å²) in [5.41, 5.74) is -0.248. The minimum absolute atomic E-state index is 0. The predicted octanol–water partition coefficient (Wildman–Crippen LogP) is 2.33. The summed E-state index contributed by atoms with van der Waals surface area (Å²) in [6, 6.07) is 0. The molecule has 1 nitrogen and oxygen atoms in total. The summed E-state index contributed by atoms with van der Waals surface area (Å²) in [6.07, 6.45) is 9.04. The van der Waals surface area contributed by atoms with Crippen LogP contribution in [0.5, 0.6) is 0 Å². The van der Waals surface area contributed by atoms with E-state index >= 15 is 0 Å². The SMILES string of the molecule is CCCC1(O)C2CC3CC(C2)CC1C3.[NaH]. The number of hydrogen-bond acceptors (Lipinski definition) is 1. The van der Waals surface area contributed by atoms with Gasteiger partial charge in [0.1, 0.15) is 0 Å². The molecule has 0 aromatic heterocycles. The Kier molecular flexibility index (Phi) is 3.58. The first kappa shape index (κ1) is 12.4. The first-order chi connectivity index (χ1) is 6.72. The van der Waals surface area contributed by atoms with Crippen LogP contribution in [0.4, 0.5) is 0 Å². The number of rotatable bonds is 2. The van der Waals surface area contributed by atoms with Crippen LogP contribution in [-0.2, 0) is 0 Å². The van der Waals surface area contributed by atoms with Crippen molar-refractivity contribution in [3.63, 3.8) is 0 Å². The molecule has 0 amide bonds. The van der Waals surface area contributed by atoms with E-state index in [1.165, 1.54) is 32.1 Å². The first-order valence-electron chi connectivity index (χ1n) is 6.44. The van der Waals surface area contributed by atoms with Gasteiger partial charge in [-0.1, -0.05) is 13.3 Å². The van der Waals surface area contributed by atoms with Gasteiger partial charge in [0.2, 0.25) is 0 Å². The van der Waals surface area contributed by atoms with Crippen LogP contribution in [0.15, 0.2) is 0 Å². The quantitative estimate of drug-likeness (QED) is 0.705. The summed E-state index contributed by atoms with van der Waals surface area (Å²) >= 11 is 0. The molecular weight excluding hydrogens is 195 g/mol. The van der Waals surface area contributed by atoms with Crippen LogP contribution < -0.4 is 0 Å². The van der Waals surface area contributed by atoms with Crippen LogP contribution in [0, 0.1) is 23.7 Å². The van der Waals surface area contributed by atoms with Gasteiger partial charge in [0.15, 0.2) is 0 Å². The summed E-state index contributed by atoms with van der Waals surface area (Å²) in [5, 5.41) is 10.8. The van der Waals surface area contributed by atoms with Crippen LogP contribution >= 0.6 is 0 Å². The van der Waals surface area contributed by atoms with Crippen molar-refractivity contribution in [2.24, 2.45) is 23.7 Å². The second kappa shape index (κ2) is 4.33. The van der Waals surface area contributed by atoms with Crippen molar-refractivity contribution in [1.82, 2.24) is 0 Å². The second-order valence-electron chi connectivity index (χ2n) is 6.05. The normalized spacial score (nSPS) is 51.6. The molecule has 4 fully saturated rings. The maximum atomic E-state index is 10.8. The van der Waals surface area contributed by atoms with Gasteiger partial charge in [-0.05, 0) is 62.2 Å². The standard InChI is InChI=1S/C13H22O.Na.H/c1-2-3-13(14)11-5-9-4-10(7-11)8-12(13)6-9;;/h9-12,14H,2-8H2,1H3;;. The molecule has 0 radical (unpaired) electrons. The van der Waals surface area contributed by atoms with Gasteiger partial charge in [0, 0.05) is 0 Å². The van der Waals surface area contributed by atoms with Gasteiger partial charge >= 0.3 is 29.6 Å². The van der Waals surface area contributed by atoms with Crippen LogP contribution in [0.3, 0.4) is 0 Å². The molecule has 0 atom stereocenters. The molecule has 1 N–H and O–H groups in total. The number of aliphatic hydroxyl groups is 1. The molecule has 0 heterocycles. The molecule has 4 aliphatic rings. The molecule has 4 rings (SSSR count). The van der Waals surface area contributed by atoms with E-state index in [9.17, 15) is 5.11 Å². The molecule has 0 saturated heterocycles. The topological polar surface area (TPSA) is 20.2 Å². The van der Waals surface area contributed by atoms with Crippen molar-refractivity contribution in [3.05, 3.63) is 0 Å². The van der Waals surface area contributed by atoms with Crippen molar-refractivity contribution >= 4 is 29.6 Å². The molecule has 82 valence electrons. The van der Waals surface area contributed by atoms with Gasteiger partial charge < -0.3 is 5.11 Å². The minimum atomic E-state index is -0.248. The van der Waals surface area contributed by atoms with Gasteiger partial charge in [-0.2, -0.15) is 0 Å². The van der Waals surface area contributed by atoms with Crippen molar-refractivity contribution < 1.29 is 5.11 Å². The Morgan fingerprint density at radius 2 is 1.47 bits per heavy atom. The third-order valence-electron chi connectivity index (χ3n) is 5.20. The van der Waals surface area contributed by atoms with Gasteiger partial charge in [0.25, 0.3) is 0 Å². The van der Waals surface area contributed by atoms with E-state index in [4.69, 9.17) is 0 Å². The molecule has 2 heteroatoms. The van der Waals surface area contributed by atoms with Crippen LogP contribution in [0.1, 0.15) is 51.9 Å². The maximum absolute atomic E-state index is 10.8. The van der Waals surface area contributed by atoms with Gasteiger partial charge in [-0.15, -0.1) is 0 Å². The molecule has 15 heavy (non-hydrogen) atoms. The summed E-state index contributed by atoms with van der Waals surface area (Å²) < 4.78 is 0. The molecular formula is C13H23NaO. The van der Waals surface area contributed by atoms with E-state index in [-0.39, 0.29) is 35.2 Å². The average Bonchev–Trinajstić information content (AvgIpc) is 2.14. The van der Waals surface area contributed by atoms with E-state index in [0.29, 0.717) is 11.8 Å². The predicted molar refractivity (Wildman–Crippen MR) is 64.1 cm³/mol. The van der Waals surface area contributed by atoms with Gasteiger partial charge in [-0.3, -0.25) is 0 Å². The fourth-order valence-corrected chi connectivity index (χ4v) is 4.81. The zero-order valence-corrected chi connectivity index (χ0v) is 9.21. The summed E-state index contributed by atoms with van der Waals surface area (Å²) in [7, 11) is 0. The van der Waals surface area contributed by atoms with Gasteiger partial charge in [-0.25, -0.2) is 0 Å². The Labute approximate surface area is 115 Å². The Morgan fingerprint density at radius 3 is 1.87 bits per heavy atom. The fraction of sp³-hybridized carbons (Fsp3) is 1.00. The fourth-order valence-electron chi connectivity index (χ4n) is 4.81. The summed E-state index contributed by atoms with van der Waals surface area (Å²) in [6.45, 7) is 2.21. The molecule has 4 saturated carbocycles.